The number of carbonyl (C=O) groups is 2. The van der Waals surface area contributed by atoms with Crippen LogP contribution >= 0.6 is 23.1 Å². The van der Waals surface area contributed by atoms with Gasteiger partial charge in [-0.1, -0.05) is 13.0 Å². The molecule has 1 amide bonds. The van der Waals surface area contributed by atoms with E-state index in [1.54, 1.807) is 29.2 Å². The van der Waals surface area contributed by atoms with Gasteiger partial charge >= 0.3 is 5.97 Å². The maximum Gasteiger partial charge on any atom is 0.344 e. The second-order valence-corrected chi connectivity index (χ2v) is 8.82. The van der Waals surface area contributed by atoms with E-state index >= 15 is 0 Å². The lowest BCUT2D eigenvalue weighted by molar-refractivity contribution is -0.144. The van der Waals surface area contributed by atoms with Crippen LogP contribution in [0.4, 0.5) is 5.13 Å². The summed E-state index contributed by atoms with van der Waals surface area (Å²) in [4.78, 5) is 35.3. The lowest BCUT2D eigenvalue weighted by atomic mass is 10.1. The van der Waals surface area contributed by atoms with Crippen LogP contribution in [0.3, 0.4) is 0 Å². The highest BCUT2D eigenvalue weighted by atomic mass is 32.2. The summed E-state index contributed by atoms with van der Waals surface area (Å²) in [5.41, 5.74) is 1.63. The fourth-order valence-electron chi connectivity index (χ4n) is 2.86. The van der Waals surface area contributed by atoms with Gasteiger partial charge < -0.3 is 14.6 Å². The molecule has 0 radical (unpaired) electrons. The third-order valence-electron chi connectivity index (χ3n) is 4.35. The van der Waals surface area contributed by atoms with Crippen LogP contribution in [-0.4, -0.2) is 51.3 Å². The van der Waals surface area contributed by atoms with Crippen molar-refractivity contribution in [3.05, 3.63) is 39.7 Å². The lowest BCUT2D eigenvalue weighted by Gasteiger charge is -2.15. The zero-order valence-corrected chi connectivity index (χ0v) is 20.0. The summed E-state index contributed by atoms with van der Waals surface area (Å²) in [5.74, 6) is -0.419. The second kappa shape index (κ2) is 10.6. The average Bonchev–Trinajstić information content (AvgIpc) is 3.28. The van der Waals surface area contributed by atoms with Gasteiger partial charge in [-0.25, -0.2) is 9.78 Å². The Labute approximate surface area is 195 Å². The molecule has 1 aliphatic heterocycles. The molecule has 1 fully saturated rings. The van der Waals surface area contributed by atoms with Crippen LogP contribution in [-0.2, 0) is 9.59 Å². The van der Waals surface area contributed by atoms with E-state index in [0.29, 0.717) is 39.9 Å². The number of thiazole rings is 1. The summed E-state index contributed by atoms with van der Waals surface area (Å²) in [6, 6.07) is 5.15. The van der Waals surface area contributed by atoms with Gasteiger partial charge in [-0.3, -0.25) is 9.69 Å². The number of nitrogens with zero attached hydrogens (tertiary/aromatic N) is 3. The zero-order chi connectivity index (χ0) is 23.3. The number of amides is 1. The molecule has 3 rings (SSSR count). The van der Waals surface area contributed by atoms with Crippen LogP contribution in [0.5, 0.6) is 11.5 Å². The van der Waals surface area contributed by atoms with E-state index in [1.165, 1.54) is 30.0 Å². The normalized spacial score (nSPS) is 17.2. The van der Waals surface area contributed by atoms with Crippen LogP contribution in [0.25, 0.3) is 6.08 Å². The highest BCUT2D eigenvalue weighted by molar-refractivity contribution is 8.18. The number of carboxylic acid groups (broad SMARTS) is 1. The fraction of sp³-hybridized carbons (Fsp3) is 0.364. The zero-order valence-electron chi connectivity index (χ0n) is 18.3. The van der Waals surface area contributed by atoms with Crippen LogP contribution in [0.2, 0.25) is 0 Å². The maximum atomic E-state index is 13.0. The summed E-state index contributed by atoms with van der Waals surface area (Å²) in [6.07, 6.45) is 1.57. The molecule has 170 valence electrons. The first-order valence-corrected chi connectivity index (χ1v) is 11.9. The second-order valence-electron chi connectivity index (χ2n) is 6.97. The number of hydrogen-bond acceptors (Lipinski definition) is 8. The Balaban J connectivity index is 1.90. The number of aromatic nitrogens is 1. The first kappa shape index (κ1) is 23.8. The largest absolute Gasteiger partial charge is 0.490 e. The molecule has 1 aromatic carbocycles. The molecule has 0 aliphatic carbocycles. The maximum absolute atomic E-state index is 13.0. The number of aryl methyl sites for hydroxylation is 1. The van der Waals surface area contributed by atoms with E-state index in [1.807, 2.05) is 26.2 Å². The third-order valence-corrected chi connectivity index (χ3v) is 6.21. The van der Waals surface area contributed by atoms with Crippen LogP contribution in [0.1, 0.15) is 38.4 Å². The molecule has 1 unspecified atom stereocenters. The topological polar surface area (TPSA) is 101 Å². The van der Waals surface area contributed by atoms with Crippen molar-refractivity contribution in [3.8, 4) is 11.5 Å². The Morgan fingerprint density at radius 1 is 1.34 bits per heavy atom. The van der Waals surface area contributed by atoms with Gasteiger partial charge in [-0.2, -0.15) is 4.99 Å². The molecule has 2 aromatic rings. The van der Waals surface area contributed by atoms with E-state index in [9.17, 15) is 9.59 Å². The number of aliphatic imine (C=N–C) groups is 1. The number of aliphatic carboxylic acids is 1. The Hall–Kier alpha value is -2.85. The lowest BCUT2D eigenvalue weighted by Crippen LogP contribution is -2.29. The first-order valence-electron chi connectivity index (χ1n) is 10.2. The van der Waals surface area contributed by atoms with E-state index in [-0.39, 0.29) is 5.91 Å². The summed E-state index contributed by atoms with van der Waals surface area (Å²) < 4.78 is 11.1. The van der Waals surface area contributed by atoms with Gasteiger partial charge in [0.15, 0.2) is 22.8 Å². The number of rotatable bonds is 9. The molecule has 2 heterocycles. The van der Waals surface area contributed by atoms with E-state index < -0.39 is 12.1 Å². The number of carbonyl (C=O) groups excluding carboxylic acids is 1. The predicted octanol–water partition coefficient (Wildman–Crippen LogP) is 4.72. The summed E-state index contributed by atoms with van der Waals surface area (Å²) in [7, 11) is 0. The number of carboxylic acids is 1. The van der Waals surface area contributed by atoms with E-state index in [4.69, 9.17) is 14.6 Å². The number of hydrogen-bond donors (Lipinski definition) is 1. The average molecular weight is 476 g/mol. The number of thioether (sulfide) groups is 1. The molecule has 1 N–H and O–H groups in total. The Bertz CT molecular complexity index is 1060. The van der Waals surface area contributed by atoms with Crippen LogP contribution < -0.4 is 9.47 Å². The SMILES string of the molecule is CCCN1C(=O)/C(=C\c2ccc(OC(C)C(=O)O)c(OCC)c2)S/C1=N/c1nc(C)cs1. The molecule has 32 heavy (non-hydrogen) atoms. The Kier molecular flexibility index (Phi) is 7.92. The third kappa shape index (κ3) is 5.68. The van der Waals surface area contributed by atoms with Crippen molar-refractivity contribution in [3.63, 3.8) is 0 Å². The first-order chi connectivity index (χ1) is 15.3. The van der Waals surface area contributed by atoms with Gasteiger partial charge in [0.2, 0.25) is 5.13 Å². The van der Waals surface area contributed by atoms with Crippen molar-refractivity contribution in [1.82, 2.24) is 9.88 Å². The van der Waals surface area contributed by atoms with Gasteiger partial charge in [-0.05, 0) is 62.7 Å². The van der Waals surface area contributed by atoms with Gasteiger partial charge in [0.05, 0.1) is 17.2 Å². The molecule has 8 nitrogen and oxygen atoms in total. The minimum absolute atomic E-state index is 0.110. The highest BCUT2D eigenvalue weighted by Gasteiger charge is 2.33. The van der Waals surface area contributed by atoms with Crippen LogP contribution in [0.15, 0.2) is 33.5 Å². The van der Waals surface area contributed by atoms with Gasteiger partial charge in [0.1, 0.15) is 0 Å². The highest BCUT2D eigenvalue weighted by Crippen LogP contribution is 2.36. The number of ether oxygens (including phenoxy) is 2. The smallest absolute Gasteiger partial charge is 0.344 e. The van der Waals surface area contributed by atoms with Crippen molar-refractivity contribution < 1.29 is 24.2 Å². The Morgan fingerprint density at radius 3 is 2.75 bits per heavy atom. The number of benzene rings is 1. The molecule has 1 aromatic heterocycles. The molecule has 1 saturated heterocycles. The predicted molar refractivity (Wildman–Crippen MR) is 127 cm³/mol. The molecule has 0 spiro atoms. The summed E-state index contributed by atoms with van der Waals surface area (Å²) >= 11 is 2.75. The Morgan fingerprint density at radius 2 is 2.12 bits per heavy atom. The molecule has 10 heteroatoms. The number of amidine groups is 1. The molecule has 1 atom stereocenters. The summed E-state index contributed by atoms with van der Waals surface area (Å²) in [6.45, 7) is 8.15. The van der Waals surface area contributed by atoms with Crippen LogP contribution in [0, 0.1) is 6.92 Å². The quantitative estimate of drug-likeness (QED) is 0.524. The van der Waals surface area contributed by atoms with Crippen molar-refractivity contribution >= 4 is 51.4 Å². The molecular weight excluding hydrogens is 450 g/mol. The molecular formula is C22H25N3O5S2. The van der Waals surface area contributed by atoms with Gasteiger partial charge in [0.25, 0.3) is 5.91 Å². The van der Waals surface area contributed by atoms with Crippen molar-refractivity contribution in [1.29, 1.82) is 0 Å². The van der Waals surface area contributed by atoms with Crippen molar-refractivity contribution in [2.75, 3.05) is 13.2 Å². The molecule has 0 bridgehead atoms. The molecule has 0 saturated carbocycles. The standard InChI is InChI=1S/C22H25N3O5S2/c1-5-9-25-19(26)18(32-22(25)24-21-23-13(3)12-31-21)11-15-7-8-16(17(10-15)29-6-2)30-14(4)20(27)28/h7-8,10-12,14H,5-6,9H2,1-4H3,(H,27,28)/b18-11+,24-22+. The minimum Gasteiger partial charge on any atom is -0.490 e. The summed E-state index contributed by atoms with van der Waals surface area (Å²) in [5, 5.41) is 12.3. The monoisotopic (exact) mass is 475 g/mol. The van der Waals surface area contributed by atoms with Gasteiger partial charge in [0, 0.05) is 11.9 Å². The van der Waals surface area contributed by atoms with Crippen molar-refractivity contribution in [2.45, 2.75) is 40.2 Å². The minimum atomic E-state index is -1.06. The van der Waals surface area contributed by atoms with E-state index in [2.05, 4.69) is 9.98 Å². The molecule has 1 aliphatic rings. The van der Waals surface area contributed by atoms with Crippen molar-refractivity contribution in [2.24, 2.45) is 4.99 Å². The van der Waals surface area contributed by atoms with E-state index in [0.717, 1.165) is 17.7 Å². The van der Waals surface area contributed by atoms with Gasteiger partial charge in [-0.15, -0.1) is 11.3 Å². The fourth-order valence-corrected chi connectivity index (χ4v) is 4.59.